The lowest BCUT2D eigenvalue weighted by Gasteiger charge is -2.13. The van der Waals surface area contributed by atoms with Crippen molar-refractivity contribution in [1.29, 1.82) is 0 Å². The second-order valence-electron chi connectivity index (χ2n) is 6.50. The molecule has 0 saturated carbocycles. The van der Waals surface area contributed by atoms with Crippen LogP contribution in [0.4, 0.5) is 0 Å². The molecule has 0 saturated heterocycles. The monoisotopic (exact) mass is 364 g/mol. The van der Waals surface area contributed by atoms with E-state index in [1.165, 1.54) is 25.7 Å². The predicted octanol–water partition coefficient (Wildman–Crippen LogP) is 4.90. The third-order valence-electron chi connectivity index (χ3n) is 4.18. The highest BCUT2D eigenvalue weighted by molar-refractivity contribution is 7.87. The molecule has 0 fully saturated rings. The molecule has 0 aromatic heterocycles. The van der Waals surface area contributed by atoms with Gasteiger partial charge in [0.25, 0.3) is 10.1 Å². The van der Waals surface area contributed by atoms with Crippen molar-refractivity contribution in [3.8, 4) is 0 Å². The van der Waals surface area contributed by atoms with Gasteiger partial charge < -0.3 is 4.74 Å². The Morgan fingerprint density at radius 2 is 1.29 bits per heavy atom. The van der Waals surface area contributed by atoms with Crippen LogP contribution in [0.25, 0.3) is 0 Å². The highest BCUT2D eigenvalue weighted by Gasteiger charge is 2.31. The SMILES string of the molecule is CCCCCCCCCCC(C(=O)OCCCCCC)S(=O)(=O)O. The van der Waals surface area contributed by atoms with Crippen LogP contribution in [-0.4, -0.2) is 30.8 Å². The van der Waals surface area contributed by atoms with E-state index in [0.717, 1.165) is 44.9 Å². The third kappa shape index (κ3) is 12.8. The molecule has 0 bridgehead atoms. The smallest absolute Gasteiger partial charge is 0.326 e. The van der Waals surface area contributed by atoms with Gasteiger partial charge in [0, 0.05) is 0 Å². The van der Waals surface area contributed by atoms with Crippen LogP contribution in [0, 0.1) is 0 Å². The van der Waals surface area contributed by atoms with Gasteiger partial charge in [-0.05, 0) is 12.8 Å². The number of ether oxygens (including phenoxy) is 1. The van der Waals surface area contributed by atoms with Crippen molar-refractivity contribution in [2.75, 3.05) is 6.61 Å². The van der Waals surface area contributed by atoms with Gasteiger partial charge in [0.1, 0.15) is 0 Å². The maximum Gasteiger partial charge on any atom is 0.326 e. The van der Waals surface area contributed by atoms with Gasteiger partial charge in [0.15, 0.2) is 5.25 Å². The molecule has 0 heterocycles. The maximum atomic E-state index is 11.9. The van der Waals surface area contributed by atoms with E-state index in [1.807, 2.05) is 0 Å². The second kappa shape index (κ2) is 14.7. The Hall–Kier alpha value is -0.620. The molecule has 0 radical (unpaired) electrons. The van der Waals surface area contributed by atoms with Crippen LogP contribution in [0.1, 0.15) is 97.3 Å². The first kappa shape index (κ1) is 23.4. The van der Waals surface area contributed by atoms with E-state index >= 15 is 0 Å². The van der Waals surface area contributed by atoms with Crippen molar-refractivity contribution in [1.82, 2.24) is 0 Å². The van der Waals surface area contributed by atoms with Gasteiger partial charge in [0.05, 0.1) is 6.61 Å². The summed E-state index contributed by atoms with van der Waals surface area (Å²) in [7, 11) is -4.39. The van der Waals surface area contributed by atoms with Gasteiger partial charge in [0.2, 0.25) is 0 Å². The highest BCUT2D eigenvalue weighted by atomic mass is 32.2. The van der Waals surface area contributed by atoms with E-state index in [2.05, 4.69) is 13.8 Å². The summed E-state index contributed by atoms with van der Waals surface area (Å²) in [4.78, 5) is 11.9. The minimum Gasteiger partial charge on any atom is -0.465 e. The molecular weight excluding hydrogens is 328 g/mol. The molecule has 0 amide bonds. The molecule has 5 nitrogen and oxygen atoms in total. The number of hydrogen-bond acceptors (Lipinski definition) is 4. The number of unbranched alkanes of at least 4 members (excludes halogenated alkanes) is 10. The molecule has 24 heavy (non-hydrogen) atoms. The number of carbonyl (C=O) groups is 1. The van der Waals surface area contributed by atoms with Crippen molar-refractivity contribution in [2.24, 2.45) is 0 Å². The fourth-order valence-electron chi connectivity index (χ4n) is 2.65. The van der Waals surface area contributed by atoms with Crippen LogP contribution < -0.4 is 0 Å². The van der Waals surface area contributed by atoms with Gasteiger partial charge in [-0.1, -0.05) is 84.5 Å². The average molecular weight is 365 g/mol. The van der Waals surface area contributed by atoms with E-state index < -0.39 is 21.3 Å². The topological polar surface area (TPSA) is 80.7 Å². The highest BCUT2D eigenvalue weighted by Crippen LogP contribution is 2.15. The summed E-state index contributed by atoms with van der Waals surface area (Å²) in [6.07, 6.45) is 12.6. The molecule has 0 aliphatic heterocycles. The number of carbonyl (C=O) groups excluding carboxylic acids is 1. The first-order valence-electron chi connectivity index (χ1n) is 9.56. The van der Waals surface area contributed by atoms with E-state index in [9.17, 15) is 17.8 Å². The van der Waals surface area contributed by atoms with Gasteiger partial charge >= 0.3 is 5.97 Å². The Morgan fingerprint density at radius 1 is 0.833 bits per heavy atom. The zero-order chi connectivity index (χ0) is 18.3. The molecule has 0 rings (SSSR count). The van der Waals surface area contributed by atoms with Gasteiger partial charge in [-0.3, -0.25) is 9.35 Å². The van der Waals surface area contributed by atoms with Crippen molar-refractivity contribution >= 4 is 16.1 Å². The van der Waals surface area contributed by atoms with Crippen LogP contribution in [0.15, 0.2) is 0 Å². The van der Waals surface area contributed by atoms with Crippen LogP contribution >= 0.6 is 0 Å². The lowest BCUT2D eigenvalue weighted by atomic mass is 10.1. The average Bonchev–Trinajstić information content (AvgIpc) is 2.51. The van der Waals surface area contributed by atoms with E-state index in [1.54, 1.807) is 0 Å². The van der Waals surface area contributed by atoms with Crippen molar-refractivity contribution in [3.05, 3.63) is 0 Å². The Morgan fingerprint density at radius 3 is 1.79 bits per heavy atom. The minimum absolute atomic E-state index is 0.140. The molecule has 6 heteroatoms. The van der Waals surface area contributed by atoms with E-state index in [0.29, 0.717) is 6.42 Å². The first-order chi connectivity index (χ1) is 11.4. The molecule has 1 atom stereocenters. The minimum atomic E-state index is -4.39. The third-order valence-corrected chi connectivity index (χ3v) is 5.33. The molecule has 1 unspecified atom stereocenters. The Bertz CT molecular complexity index is 406. The summed E-state index contributed by atoms with van der Waals surface area (Å²) in [5.41, 5.74) is 0. The van der Waals surface area contributed by atoms with Crippen LogP contribution in [-0.2, 0) is 19.6 Å². The fourth-order valence-corrected chi connectivity index (χ4v) is 3.42. The number of esters is 1. The molecule has 144 valence electrons. The normalized spacial score (nSPS) is 13.0. The molecular formula is C18H36O5S. The summed E-state index contributed by atoms with van der Waals surface area (Å²) >= 11 is 0. The van der Waals surface area contributed by atoms with Gasteiger partial charge in [-0.25, -0.2) is 0 Å². The molecule has 0 spiro atoms. The first-order valence-corrected chi connectivity index (χ1v) is 11.1. The van der Waals surface area contributed by atoms with Gasteiger partial charge in [-0.15, -0.1) is 0 Å². The van der Waals surface area contributed by atoms with Crippen LogP contribution in [0.2, 0.25) is 0 Å². The standard InChI is InChI=1S/C18H36O5S/c1-3-5-7-9-10-11-12-13-15-17(24(20,21)22)18(19)23-16-14-8-6-4-2/h17H,3-16H2,1-2H3,(H,20,21,22). The largest absolute Gasteiger partial charge is 0.465 e. The molecule has 0 aromatic carbocycles. The van der Waals surface area contributed by atoms with E-state index in [-0.39, 0.29) is 13.0 Å². The molecule has 0 aromatic rings. The molecule has 0 aliphatic rings. The summed E-state index contributed by atoms with van der Waals surface area (Å²) in [6, 6.07) is 0. The lowest BCUT2D eigenvalue weighted by Crippen LogP contribution is -2.32. The summed E-state index contributed by atoms with van der Waals surface area (Å²) in [5.74, 6) is -0.808. The zero-order valence-corrected chi connectivity index (χ0v) is 16.3. The Kier molecular flexibility index (Phi) is 14.3. The Labute approximate surface area is 148 Å². The predicted molar refractivity (Wildman–Crippen MR) is 97.7 cm³/mol. The summed E-state index contributed by atoms with van der Waals surface area (Å²) in [5, 5.41) is -1.43. The second-order valence-corrected chi connectivity index (χ2v) is 8.09. The quantitative estimate of drug-likeness (QED) is 0.239. The van der Waals surface area contributed by atoms with Crippen molar-refractivity contribution in [3.63, 3.8) is 0 Å². The maximum absolute atomic E-state index is 11.9. The zero-order valence-electron chi connectivity index (χ0n) is 15.5. The van der Waals surface area contributed by atoms with Crippen molar-refractivity contribution < 1.29 is 22.5 Å². The summed E-state index contributed by atoms with van der Waals surface area (Å²) < 4.78 is 37.1. The molecule has 1 N–H and O–H groups in total. The number of rotatable bonds is 16. The van der Waals surface area contributed by atoms with E-state index in [4.69, 9.17) is 4.74 Å². The van der Waals surface area contributed by atoms with Gasteiger partial charge in [-0.2, -0.15) is 8.42 Å². The van der Waals surface area contributed by atoms with Crippen molar-refractivity contribution in [2.45, 2.75) is 103 Å². The summed E-state index contributed by atoms with van der Waals surface area (Å²) in [6.45, 7) is 4.49. The molecule has 0 aliphatic carbocycles. The lowest BCUT2D eigenvalue weighted by molar-refractivity contribution is -0.143. The van der Waals surface area contributed by atoms with Crippen LogP contribution in [0.5, 0.6) is 0 Å². The fraction of sp³-hybridized carbons (Fsp3) is 0.944. The number of hydrogen-bond donors (Lipinski definition) is 1. The Balaban J connectivity index is 3.99. The van der Waals surface area contributed by atoms with Crippen LogP contribution in [0.3, 0.4) is 0 Å².